The quantitative estimate of drug-likeness (QED) is 0.642. The van der Waals surface area contributed by atoms with Gasteiger partial charge in [0, 0.05) is 63.5 Å². The number of benzene rings is 1. The minimum atomic E-state index is 0.241. The van der Waals surface area contributed by atoms with Crippen LogP contribution in [-0.4, -0.2) is 63.3 Å². The van der Waals surface area contributed by atoms with E-state index < -0.39 is 0 Å². The maximum atomic E-state index is 9.60. The summed E-state index contributed by atoms with van der Waals surface area (Å²) in [5, 5.41) is 9.60. The number of aliphatic hydroxyl groups is 1. The van der Waals surface area contributed by atoms with Crippen LogP contribution in [0.15, 0.2) is 73.1 Å². The van der Waals surface area contributed by atoms with Gasteiger partial charge in [0.1, 0.15) is 5.82 Å². The van der Waals surface area contributed by atoms with Gasteiger partial charge in [-0.2, -0.15) is 0 Å². The molecule has 4 rings (SSSR count). The molecule has 1 fully saturated rings. The van der Waals surface area contributed by atoms with Gasteiger partial charge in [0.15, 0.2) is 0 Å². The molecule has 5 heteroatoms. The summed E-state index contributed by atoms with van der Waals surface area (Å²) >= 11 is 0. The van der Waals surface area contributed by atoms with Crippen molar-refractivity contribution in [3.05, 3.63) is 84.3 Å². The molecule has 1 aliphatic heterocycles. The molecule has 5 nitrogen and oxygen atoms in total. The molecule has 1 aromatic carbocycles. The molecule has 0 radical (unpaired) electrons. The van der Waals surface area contributed by atoms with Crippen LogP contribution in [0.5, 0.6) is 0 Å². The van der Waals surface area contributed by atoms with Crippen LogP contribution >= 0.6 is 0 Å². The lowest BCUT2D eigenvalue weighted by molar-refractivity contribution is 0.0553. The second-order valence-corrected chi connectivity index (χ2v) is 7.73. The van der Waals surface area contributed by atoms with Gasteiger partial charge in [-0.05, 0) is 42.7 Å². The summed E-state index contributed by atoms with van der Waals surface area (Å²) in [6.07, 6.45) is 5.80. The third-order valence-corrected chi connectivity index (χ3v) is 5.80. The molecular weight excluding hydrogens is 360 g/mol. The maximum absolute atomic E-state index is 9.60. The van der Waals surface area contributed by atoms with E-state index in [0.717, 1.165) is 51.4 Å². The van der Waals surface area contributed by atoms with Crippen LogP contribution < -0.4 is 0 Å². The molecule has 3 heterocycles. The Morgan fingerprint density at radius 3 is 2.62 bits per heavy atom. The zero-order valence-corrected chi connectivity index (χ0v) is 16.9. The van der Waals surface area contributed by atoms with E-state index in [1.165, 1.54) is 11.3 Å². The number of aromatic nitrogens is 2. The highest BCUT2D eigenvalue weighted by atomic mass is 16.3. The molecule has 29 heavy (non-hydrogen) atoms. The summed E-state index contributed by atoms with van der Waals surface area (Å²) in [5.41, 5.74) is 2.63. The molecule has 3 aromatic rings. The van der Waals surface area contributed by atoms with Gasteiger partial charge in [-0.3, -0.25) is 9.80 Å². The average Bonchev–Trinajstić information content (AvgIpc) is 3.23. The minimum absolute atomic E-state index is 0.241. The Morgan fingerprint density at radius 2 is 1.83 bits per heavy atom. The molecule has 1 saturated heterocycles. The van der Waals surface area contributed by atoms with Gasteiger partial charge in [-0.25, -0.2) is 4.98 Å². The first kappa shape index (κ1) is 19.8. The van der Waals surface area contributed by atoms with Gasteiger partial charge in [-0.15, -0.1) is 0 Å². The molecule has 0 aliphatic carbocycles. The summed E-state index contributed by atoms with van der Waals surface area (Å²) in [6, 6.07) is 21.3. The number of aliphatic hydroxyl groups excluding tert-OH is 1. The standard InChI is InChI=1S/C24H30N4O/c29-18-12-22-19-26(16-17-27(22)15-11-21-7-2-1-3-8-21)20-23-9-6-14-28(23)24-10-4-5-13-25-24/h1-10,13-14,22,29H,11-12,15-20H2/t22-/m1/s1. The first-order chi connectivity index (χ1) is 14.3. The largest absolute Gasteiger partial charge is 0.396 e. The molecule has 1 N–H and O–H groups in total. The van der Waals surface area contributed by atoms with Gasteiger partial charge in [0.25, 0.3) is 0 Å². The molecule has 0 unspecified atom stereocenters. The lowest BCUT2D eigenvalue weighted by Gasteiger charge is -2.41. The number of rotatable bonds is 8. The summed E-state index contributed by atoms with van der Waals surface area (Å²) < 4.78 is 2.17. The Balaban J connectivity index is 1.38. The predicted octanol–water partition coefficient (Wildman–Crippen LogP) is 2.98. The summed E-state index contributed by atoms with van der Waals surface area (Å²) in [5.74, 6) is 0.959. The molecule has 2 aromatic heterocycles. The van der Waals surface area contributed by atoms with Crippen LogP contribution in [0, 0.1) is 0 Å². The van der Waals surface area contributed by atoms with Crippen LogP contribution in [0.25, 0.3) is 5.82 Å². The molecular formula is C24H30N4O. The van der Waals surface area contributed by atoms with E-state index in [1.54, 1.807) is 0 Å². The summed E-state index contributed by atoms with van der Waals surface area (Å²) in [4.78, 5) is 9.55. The summed E-state index contributed by atoms with van der Waals surface area (Å²) in [7, 11) is 0. The fourth-order valence-electron chi connectivity index (χ4n) is 4.23. The van der Waals surface area contributed by atoms with Crippen LogP contribution in [0.1, 0.15) is 17.7 Å². The molecule has 1 aliphatic rings. The third-order valence-electron chi connectivity index (χ3n) is 5.80. The Kier molecular flexibility index (Phi) is 6.72. The first-order valence-electron chi connectivity index (χ1n) is 10.5. The Bertz CT molecular complexity index is 865. The average molecular weight is 391 g/mol. The lowest BCUT2D eigenvalue weighted by Crippen LogP contribution is -2.53. The Labute approximate surface area is 173 Å². The highest BCUT2D eigenvalue weighted by Gasteiger charge is 2.26. The van der Waals surface area contributed by atoms with E-state index >= 15 is 0 Å². The molecule has 1 atom stereocenters. The van der Waals surface area contributed by atoms with E-state index in [2.05, 4.69) is 68.0 Å². The fourth-order valence-corrected chi connectivity index (χ4v) is 4.23. The zero-order chi connectivity index (χ0) is 19.9. The number of nitrogens with zero attached hydrogens (tertiary/aromatic N) is 4. The van der Waals surface area contributed by atoms with Crippen LogP contribution in [0.2, 0.25) is 0 Å². The van der Waals surface area contributed by atoms with Gasteiger partial charge in [-0.1, -0.05) is 36.4 Å². The lowest BCUT2D eigenvalue weighted by atomic mass is 10.1. The van der Waals surface area contributed by atoms with Crippen molar-refractivity contribution in [2.75, 3.05) is 32.8 Å². The van der Waals surface area contributed by atoms with E-state index in [0.29, 0.717) is 6.04 Å². The Morgan fingerprint density at radius 1 is 0.966 bits per heavy atom. The number of pyridine rings is 1. The van der Waals surface area contributed by atoms with Gasteiger partial charge < -0.3 is 9.67 Å². The smallest absolute Gasteiger partial charge is 0.136 e. The van der Waals surface area contributed by atoms with E-state index in [1.807, 2.05) is 24.4 Å². The predicted molar refractivity (Wildman–Crippen MR) is 116 cm³/mol. The van der Waals surface area contributed by atoms with E-state index in [-0.39, 0.29) is 6.61 Å². The van der Waals surface area contributed by atoms with Crippen molar-refractivity contribution in [1.82, 2.24) is 19.4 Å². The van der Waals surface area contributed by atoms with Crippen molar-refractivity contribution in [2.45, 2.75) is 25.4 Å². The van der Waals surface area contributed by atoms with Crippen molar-refractivity contribution >= 4 is 0 Å². The number of hydrogen-bond donors (Lipinski definition) is 1. The highest BCUT2D eigenvalue weighted by Crippen LogP contribution is 2.18. The van der Waals surface area contributed by atoms with Crippen molar-refractivity contribution < 1.29 is 5.11 Å². The van der Waals surface area contributed by atoms with Crippen LogP contribution in [0.3, 0.4) is 0 Å². The van der Waals surface area contributed by atoms with Crippen LogP contribution in [-0.2, 0) is 13.0 Å². The topological polar surface area (TPSA) is 44.5 Å². The normalized spacial score (nSPS) is 18.2. The second-order valence-electron chi connectivity index (χ2n) is 7.73. The minimum Gasteiger partial charge on any atom is -0.396 e. The molecule has 0 spiro atoms. The SMILES string of the molecule is OCC[C@@H]1CN(Cc2cccn2-c2ccccn2)CCN1CCc1ccccc1. The summed E-state index contributed by atoms with van der Waals surface area (Å²) in [6.45, 7) is 5.27. The van der Waals surface area contributed by atoms with Crippen molar-refractivity contribution in [1.29, 1.82) is 0 Å². The highest BCUT2D eigenvalue weighted by molar-refractivity contribution is 5.27. The molecule has 152 valence electrons. The third kappa shape index (κ3) is 5.12. The van der Waals surface area contributed by atoms with Gasteiger partial charge >= 0.3 is 0 Å². The fraction of sp³-hybridized carbons (Fsp3) is 0.375. The van der Waals surface area contributed by atoms with Gasteiger partial charge in [0.05, 0.1) is 0 Å². The van der Waals surface area contributed by atoms with E-state index in [4.69, 9.17) is 0 Å². The van der Waals surface area contributed by atoms with Crippen molar-refractivity contribution in [3.63, 3.8) is 0 Å². The van der Waals surface area contributed by atoms with Crippen molar-refractivity contribution in [3.8, 4) is 5.82 Å². The van der Waals surface area contributed by atoms with Crippen molar-refractivity contribution in [2.24, 2.45) is 0 Å². The molecule has 0 bridgehead atoms. The maximum Gasteiger partial charge on any atom is 0.136 e. The van der Waals surface area contributed by atoms with E-state index in [9.17, 15) is 5.11 Å². The Hall–Kier alpha value is -2.47. The molecule has 0 amide bonds. The second kappa shape index (κ2) is 9.83. The zero-order valence-electron chi connectivity index (χ0n) is 16.9. The van der Waals surface area contributed by atoms with Crippen LogP contribution in [0.4, 0.5) is 0 Å². The molecule has 0 saturated carbocycles. The number of hydrogen-bond acceptors (Lipinski definition) is 4. The number of piperazine rings is 1. The van der Waals surface area contributed by atoms with Gasteiger partial charge in [0.2, 0.25) is 0 Å². The monoisotopic (exact) mass is 390 g/mol. The first-order valence-corrected chi connectivity index (χ1v) is 10.5.